The molecule has 1 fully saturated rings. The van der Waals surface area contributed by atoms with Crippen molar-refractivity contribution in [2.75, 3.05) is 19.6 Å². The number of likely N-dealkylation sites (tertiary alicyclic amines) is 1. The Bertz CT molecular complexity index is 108. The van der Waals surface area contributed by atoms with Crippen LogP contribution in [0.4, 0.5) is 0 Å². The van der Waals surface area contributed by atoms with Gasteiger partial charge >= 0.3 is 5.97 Å². The fourth-order valence-electron chi connectivity index (χ4n) is 1.12. The largest absolute Gasteiger partial charge is 0.369 e. The molecule has 1 rings (SSSR count). The highest BCUT2D eigenvalue weighted by Gasteiger charge is 2.14. The summed E-state index contributed by atoms with van der Waals surface area (Å²) in [6.07, 6.45) is 2.26. The van der Waals surface area contributed by atoms with Crippen LogP contribution in [-0.2, 0) is 9.90 Å². The lowest BCUT2D eigenvalue weighted by Gasteiger charge is -2.08. The maximum atomic E-state index is 10.0. The fraction of sp³-hybridized carbons (Fsp3) is 0.833. The number of rotatable bonds is 2. The summed E-state index contributed by atoms with van der Waals surface area (Å²) >= 11 is 0. The van der Waals surface area contributed by atoms with E-state index in [-0.39, 0.29) is 6.54 Å². The lowest BCUT2D eigenvalue weighted by Crippen LogP contribution is -2.25. The Kier molecular flexibility index (Phi) is 2.05. The van der Waals surface area contributed by atoms with Gasteiger partial charge in [0, 0.05) is 0 Å². The first-order chi connectivity index (χ1) is 4.29. The summed E-state index contributed by atoms with van der Waals surface area (Å²) < 4.78 is 0. The third-order valence-electron chi connectivity index (χ3n) is 1.55. The van der Waals surface area contributed by atoms with Crippen LogP contribution >= 0.6 is 0 Å². The van der Waals surface area contributed by atoms with Gasteiger partial charge in [0.2, 0.25) is 0 Å². The summed E-state index contributed by atoms with van der Waals surface area (Å²) in [5, 5.41) is 10.0. The topological polar surface area (TPSA) is 40.2 Å². The van der Waals surface area contributed by atoms with Gasteiger partial charge in [0.05, 0.1) is 0 Å². The predicted molar refractivity (Wildman–Crippen MR) is 31.4 cm³/mol. The molecule has 1 aliphatic rings. The molecule has 0 aromatic heterocycles. The second kappa shape index (κ2) is 2.82. The normalized spacial score (nSPS) is 20.4. The molecule has 51 valence electrons. The van der Waals surface area contributed by atoms with E-state index in [2.05, 4.69) is 0 Å². The Hall–Kier alpha value is -0.570. The van der Waals surface area contributed by atoms with Gasteiger partial charge in [-0.2, -0.15) is 0 Å². The third-order valence-corrected chi connectivity index (χ3v) is 1.55. The average Bonchev–Trinajstić information content (AvgIpc) is 2.15. The highest BCUT2D eigenvalue weighted by atomic mass is 16.4. The van der Waals surface area contributed by atoms with Crippen LogP contribution in [0.1, 0.15) is 12.8 Å². The van der Waals surface area contributed by atoms with Crippen LogP contribution in [0.2, 0.25) is 0 Å². The molecule has 0 atom stereocenters. The summed E-state index contributed by atoms with van der Waals surface area (Å²) in [5.74, 6) is -0.961. The highest BCUT2D eigenvalue weighted by molar-refractivity contribution is 5.68. The molecule has 1 heterocycles. The Labute approximate surface area is 54.3 Å². The quantitative estimate of drug-likeness (QED) is 0.526. The molecule has 0 N–H and O–H groups in total. The van der Waals surface area contributed by atoms with Crippen molar-refractivity contribution in [2.24, 2.45) is 0 Å². The third kappa shape index (κ3) is 2.01. The molecular formula is C6H10NO2. The molecule has 0 bridgehead atoms. The minimum Gasteiger partial charge on any atom is -0.293 e. The van der Waals surface area contributed by atoms with Gasteiger partial charge in [0.15, 0.2) is 0 Å². The Morgan fingerprint density at radius 3 is 2.33 bits per heavy atom. The molecule has 0 aromatic rings. The van der Waals surface area contributed by atoms with Crippen LogP contribution in [0, 0.1) is 0 Å². The molecule has 1 aliphatic heterocycles. The lowest BCUT2D eigenvalue weighted by atomic mass is 10.4. The molecule has 1 saturated heterocycles. The Morgan fingerprint density at radius 1 is 1.33 bits per heavy atom. The number of nitrogens with zero attached hydrogens (tertiary/aromatic N) is 1. The van der Waals surface area contributed by atoms with Crippen molar-refractivity contribution in [1.82, 2.24) is 4.90 Å². The SMILES string of the molecule is [O]C(=O)CN1CCCC1. The van der Waals surface area contributed by atoms with E-state index < -0.39 is 5.97 Å². The van der Waals surface area contributed by atoms with Gasteiger partial charge < -0.3 is 0 Å². The van der Waals surface area contributed by atoms with E-state index in [1.54, 1.807) is 0 Å². The number of hydrogen-bond donors (Lipinski definition) is 0. The molecule has 3 heteroatoms. The molecule has 0 aliphatic carbocycles. The van der Waals surface area contributed by atoms with Crippen LogP contribution in [0.3, 0.4) is 0 Å². The van der Waals surface area contributed by atoms with E-state index in [1.807, 2.05) is 4.90 Å². The maximum absolute atomic E-state index is 10.0. The predicted octanol–water partition coefficient (Wildman–Crippen LogP) is 0.0393. The van der Waals surface area contributed by atoms with Crippen LogP contribution in [0.5, 0.6) is 0 Å². The summed E-state index contributed by atoms with van der Waals surface area (Å²) in [4.78, 5) is 11.9. The van der Waals surface area contributed by atoms with Crippen molar-refractivity contribution in [3.8, 4) is 0 Å². The van der Waals surface area contributed by atoms with Gasteiger partial charge in [0.25, 0.3) is 0 Å². The minimum atomic E-state index is -0.961. The molecule has 0 amide bonds. The zero-order chi connectivity index (χ0) is 6.69. The zero-order valence-corrected chi connectivity index (χ0v) is 5.30. The molecule has 0 aromatic carbocycles. The van der Waals surface area contributed by atoms with Crippen LogP contribution < -0.4 is 0 Å². The van der Waals surface area contributed by atoms with Crippen molar-refractivity contribution in [3.05, 3.63) is 0 Å². The van der Waals surface area contributed by atoms with E-state index in [0.717, 1.165) is 25.9 Å². The summed E-state index contributed by atoms with van der Waals surface area (Å²) in [6.45, 7) is 1.96. The molecule has 0 spiro atoms. The van der Waals surface area contributed by atoms with E-state index >= 15 is 0 Å². The summed E-state index contributed by atoms with van der Waals surface area (Å²) in [7, 11) is 0. The smallest absolute Gasteiger partial charge is 0.293 e. The van der Waals surface area contributed by atoms with Crippen LogP contribution in [0.15, 0.2) is 0 Å². The van der Waals surface area contributed by atoms with Gasteiger partial charge in [-0.3, -0.25) is 4.90 Å². The highest BCUT2D eigenvalue weighted by Crippen LogP contribution is 2.05. The first-order valence-electron chi connectivity index (χ1n) is 3.21. The van der Waals surface area contributed by atoms with Gasteiger partial charge in [-0.15, -0.1) is 0 Å². The average molecular weight is 128 g/mol. The first kappa shape index (κ1) is 6.55. The lowest BCUT2D eigenvalue weighted by molar-refractivity contribution is -0.144. The van der Waals surface area contributed by atoms with Crippen molar-refractivity contribution in [3.63, 3.8) is 0 Å². The second-order valence-electron chi connectivity index (χ2n) is 2.36. The van der Waals surface area contributed by atoms with Crippen molar-refractivity contribution in [1.29, 1.82) is 0 Å². The van der Waals surface area contributed by atoms with E-state index in [0.29, 0.717) is 0 Å². The molecule has 3 nitrogen and oxygen atoms in total. The van der Waals surface area contributed by atoms with Gasteiger partial charge in [-0.25, -0.2) is 9.90 Å². The van der Waals surface area contributed by atoms with E-state index in [1.165, 1.54) is 0 Å². The standard InChI is InChI=1S/C6H10NO2/c8-6(9)5-7-3-1-2-4-7/h1-5H2. The summed E-state index contributed by atoms with van der Waals surface area (Å²) in [5.41, 5.74) is 0. The molecule has 0 saturated carbocycles. The monoisotopic (exact) mass is 128 g/mol. The van der Waals surface area contributed by atoms with Crippen molar-refractivity contribution >= 4 is 5.97 Å². The molecule has 0 unspecified atom stereocenters. The van der Waals surface area contributed by atoms with E-state index in [9.17, 15) is 9.90 Å². The van der Waals surface area contributed by atoms with Crippen LogP contribution in [-0.4, -0.2) is 30.5 Å². The zero-order valence-electron chi connectivity index (χ0n) is 5.30. The number of carbonyl (C=O) groups is 1. The van der Waals surface area contributed by atoms with E-state index in [4.69, 9.17) is 0 Å². The molecule has 9 heavy (non-hydrogen) atoms. The van der Waals surface area contributed by atoms with Gasteiger partial charge in [0.1, 0.15) is 6.54 Å². The number of carbonyl (C=O) groups excluding carboxylic acids is 1. The maximum Gasteiger partial charge on any atom is 0.369 e. The molecule has 1 radical (unpaired) electrons. The number of hydrogen-bond acceptors (Lipinski definition) is 2. The van der Waals surface area contributed by atoms with Crippen LogP contribution in [0.25, 0.3) is 0 Å². The van der Waals surface area contributed by atoms with Crippen molar-refractivity contribution in [2.45, 2.75) is 12.8 Å². The molecular weight excluding hydrogens is 118 g/mol. The fourth-order valence-corrected chi connectivity index (χ4v) is 1.12. The second-order valence-corrected chi connectivity index (χ2v) is 2.36. The summed E-state index contributed by atoms with van der Waals surface area (Å²) in [6, 6.07) is 0. The van der Waals surface area contributed by atoms with Crippen molar-refractivity contribution < 1.29 is 9.90 Å². The Balaban J connectivity index is 2.19. The Morgan fingerprint density at radius 2 is 1.89 bits per heavy atom. The first-order valence-corrected chi connectivity index (χ1v) is 3.21. The minimum absolute atomic E-state index is 0.111. The van der Waals surface area contributed by atoms with Gasteiger partial charge in [-0.05, 0) is 25.9 Å². The van der Waals surface area contributed by atoms with Gasteiger partial charge in [-0.1, -0.05) is 0 Å².